The van der Waals surface area contributed by atoms with Crippen molar-refractivity contribution in [3.63, 3.8) is 0 Å². The first-order chi connectivity index (χ1) is 6.56. The molecule has 76 valence electrons. The van der Waals surface area contributed by atoms with E-state index in [0.717, 1.165) is 11.3 Å². The fraction of sp³-hybridized carbons (Fsp3) is 0.167. The van der Waals surface area contributed by atoms with Gasteiger partial charge in [0.05, 0.1) is 0 Å². The van der Waals surface area contributed by atoms with Gasteiger partial charge in [0.15, 0.2) is 10.5 Å². The average Bonchev–Trinajstić information content (AvgIpc) is 2.46. The summed E-state index contributed by atoms with van der Waals surface area (Å²) < 4.78 is 0.150. The molecule has 2 N–H and O–H groups in total. The van der Waals surface area contributed by atoms with Crippen molar-refractivity contribution < 1.29 is 14.7 Å². The van der Waals surface area contributed by atoms with Crippen LogP contribution in [0.5, 0.6) is 0 Å². The Morgan fingerprint density at radius 3 is 2.86 bits per heavy atom. The molecule has 1 aromatic heterocycles. The quantitative estimate of drug-likeness (QED) is 0.634. The number of alkyl halides is 1. The molecule has 1 heterocycles. The second-order valence-electron chi connectivity index (χ2n) is 2.14. The molecule has 0 radical (unpaired) electrons. The summed E-state index contributed by atoms with van der Waals surface area (Å²) in [6.45, 7) is 0. The second kappa shape index (κ2) is 4.59. The third-order valence-corrected chi connectivity index (χ3v) is 2.86. The number of aliphatic carboxylic acids is 1. The predicted octanol–water partition coefficient (Wildman–Crippen LogP) is 1.73. The summed E-state index contributed by atoms with van der Waals surface area (Å²) in [5, 5.41) is 9.75. The van der Waals surface area contributed by atoms with E-state index in [0.29, 0.717) is 6.41 Å². The van der Waals surface area contributed by atoms with Crippen LogP contribution >= 0.6 is 34.5 Å². The minimum absolute atomic E-state index is 0.0372. The van der Waals surface area contributed by atoms with Crippen molar-refractivity contribution >= 4 is 52.0 Å². The lowest BCUT2D eigenvalue weighted by Gasteiger charge is -1.98. The number of thiazole rings is 1. The Morgan fingerprint density at radius 2 is 2.36 bits per heavy atom. The van der Waals surface area contributed by atoms with E-state index >= 15 is 0 Å². The normalized spacial score (nSPS) is 12.1. The third kappa shape index (κ3) is 2.34. The van der Waals surface area contributed by atoms with Gasteiger partial charge in [-0.1, -0.05) is 22.9 Å². The van der Waals surface area contributed by atoms with Crippen LogP contribution in [0.3, 0.4) is 0 Å². The zero-order valence-corrected chi connectivity index (χ0v) is 8.86. The fourth-order valence-corrected chi connectivity index (χ4v) is 2.04. The van der Waals surface area contributed by atoms with Crippen LogP contribution in [0.15, 0.2) is 0 Å². The summed E-state index contributed by atoms with van der Waals surface area (Å²) in [4.78, 5) is 24.3. The van der Waals surface area contributed by atoms with Gasteiger partial charge in [-0.05, 0) is 0 Å². The highest BCUT2D eigenvalue weighted by atomic mass is 35.5. The maximum Gasteiger partial charge on any atom is 0.327 e. The Hall–Kier alpha value is -0.850. The molecule has 0 saturated heterocycles. The van der Waals surface area contributed by atoms with Crippen LogP contribution in [-0.2, 0) is 9.59 Å². The number of amides is 1. The third-order valence-electron chi connectivity index (χ3n) is 1.25. The fourth-order valence-electron chi connectivity index (χ4n) is 0.699. The average molecular weight is 255 g/mol. The molecule has 0 fully saturated rings. The minimum atomic E-state index is -1.30. The Bertz CT molecular complexity index is 368. The summed E-state index contributed by atoms with van der Waals surface area (Å²) in [6, 6.07) is 0. The molecule has 5 nitrogen and oxygen atoms in total. The molecule has 1 rings (SSSR count). The molecule has 0 aliphatic heterocycles. The van der Waals surface area contributed by atoms with Gasteiger partial charge in [-0.15, -0.1) is 11.6 Å². The van der Waals surface area contributed by atoms with E-state index in [9.17, 15) is 9.59 Å². The number of rotatable bonds is 4. The SMILES string of the molecule is O=CNc1nc([C@@H](Cl)C(=O)O)c(Cl)s1. The number of nitrogens with zero attached hydrogens (tertiary/aromatic N) is 1. The molecular weight excluding hydrogens is 251 g/mol. The van der Waals surface area contributed by atoms with Crippen LogP contribution < -0.4 is 5.32 Å². The monoisotopic (exact) mass is 254 g/mol. The molecule has 0 spiro atoms. The molecule has 0 unspecified atom stereocenters. The number of carbonyl (C=O) groups excluding carboxylic acids is 1. The highest BCUT2D eigenvalue weighted by Crippen LogP contribution is 2.34. The van der Waals surface area contributed by atoms with Gasteiger partial charge in [0.1, 0.15) is 10.0 Å². The number of anilines is 1. The van der Waals surface area contributed by atoms with Crippen LogP contribution in [0.25, 0.3) is 0 Å². The molecule has 0 bridgehead atoms. The molecule has 0 saturated carbocycles. The van der Waals surface area contributed by atoms with E-state index in [-0.39, 0.29) is 15.2 Å². The smallest absolute Gasteiger partial charge is 0.327 e. The topological polar surface area (TPSA) is 79.3 Å². The van der Waals surface area contributed by atoms with E-state index < -0.39 is 11.3 Å². The van der Waals surface area contributed by atoms with Crippen molar-refractivity contribution in [2.75, 3.05) is 5.32 Å². The van der Waals surface area contributed by atoms with Gasteiger partial charge < -0.3 is 10.4 Å². The minimum Gasteiger partial charge on any atom is -0.480 e. The Labute approximate surface area is 92.7 Å². The Morgan fingerprint density at radius 1 is 1.71 bits per heavy atom. The van der Waals surface area contributed by atoms with Crippen LogP contribution in [0.4, 0.5) is 5.13 Å². The lowest BCUT2D eigenvalue weighted by molar-refractivity contribution is -0.136. The highest BCUT2D eigenvalue weighted by molar-refractivity contribution is 7.19. The predicted molar refractivity (Wildman–Crippen MR) is 53.0 cm³/mol. The van der Waals surface area contributed by atoms with E-state index in [1.807, 2.05) is 0 Å². The number of halogens is 2. The zero-order chi connectivity index (χ0) is 10.7. The molecule has 14 heavy (non-hydrogen) atoms. The van der Waals surface area contributed by atoms with Crippen LogP contribution in [0.2, 0.25) is 4.34 Å². The summed E-state index contributed by atoms with van der Waals surface area (Å²) >= 11 is 12.1. The number of carbonyl (C=O) groups is 2. The van der Waals surface area contributed by atoms with Crippen LogP contribution in [0, 0.1) is 0 Å². The number of aromatic nitrogens is 1. The number of carboxylic acids is 1. The molecule has 0 aliphatic rings. The van der Waals surface area contributed by atoms with Gasteiger partial charge in [0, 0.05) is 0 Å². The standard InChI is InChI=1S/C6H4Cl2N2O3S/c7-2(5(12)13)3-4(8)14-6(10-3)9-1-11/h1-2H,(H,12,13)(H,9,10,11)/t2-/m1/s1. The van der Waals surface area contributed by atoms with Crippen LogP contribution in [-0.4, -0.2) is 22.5 Å². The molecule has 0 aliphatic carbocycles. The first-order valence-corrected chi connectivity index (χ1v) is 4.92. The van der Waals surface area contributed by atoms with Crippen molar-refractivity contribution in [1.82, 2.24) is 4.98 Å². The van der Waals surface area contributed by atoms with Crippen molar-refractivity contribution in [2.24, 2.45) is 0 Å². The lowest BCUT2D eigenvalue weighted by Crippen LogP contribution is -2.06. The van der Waals surface area contributed by atoms with Gasteiger partial charge in [0.25, 0.3) is 0 Å². The van der Waals surface area contributed by atoms with Gasteiger partial charge >= 0.3 is 5.97 Å². The molecule has 1 amide bonds. The molecule has 1 atom stereocenters. The second-order valence-corrected chi connectivity index (χ2v) is 4.18. The number of hydrogen-bond donors (Lipinski definition) is 2. The Kier molecular flexibility index (Phi) is 3.68. The van der Waals surface area contributed by atoms with Crippen LogP contribution in [0.1, 0.15) is 11.1 Å². The lowest BCUT2D eigenvalue weighted by atomic mass is 10.3. The summed E-state index contributed by atoms with van der Waals surface area (Å²) in [6.07, 6.45) is 0.420. The van der Waals surface area contributed by atoms with Gasteiger partial charge in [-0.2, -0.15) is 0 Å². The largest absolute Gasteiger partial charge is 0.480 e. The molecule has 0 aromatic carbocycles. The zero-order valence-electron chi connectivity index (χ0n) is 6.53. The van der Waals surface area contributed by atoms with E-state index in [1.165, 1.54) is 0 Å². The van der Waals surface area contributed by atoms with Crippen molar-refractivity contribution in [1.29, 1.82) is 0 Å². The number of carboxylic acid groups (broad SMARTS) is 1. The first kappa shape index (κ1) is 11.2. The summed E-state index contributed by atoms with van der Waals surface area (Å²) in [7, 11) is 0. The molecular formula is C6H4Cl2N2O3S. The maximum atomic E-state index is 10.5. The molecule has 1 aromatic rings. The van der Waals surface area contributed by atoms with E-state index in [4.69, 9.17) is 28.3 Å². The first-order valence-electron chi connectivity index (χ1n) is 3.29. The van der Waals surface area contributed by atoms with Gasteiger partial charge in [0.2, 0.25) is 6.41 Å². The van der Waals surface area contributed by atoms with Crippen molar-refractivity contribution in [3.05, 3.63) is 10.0 Å². The van der Waals surface area contributed by atoms with E-state index in [2.05, 4.69) is 10.3 Å². The van der Waals surface area contributed by atoms with Crippen molar-refractivity contribution in [3.8, 4) is 0 Å². The van der Waals surface area contributed by atoms with E-state index in [1.54, 1.807) is 0 Å². The highest BCUT2D eigenvalue weighted by Gasteiger charge is 2.23. The molecule has 8 heteroatoms. The van der Waals surface area contributed by atoms with Crippen molar-refractivity contribution in [2.45, 2.75) is 5.38 Å². The maximum absolute atomic E-state index is 10.5. The van der Waals surface area contributed by atoms with Gasteiger partial charge in [-0.3, -0.25) is 9.59 Å². The summed E-state index contributed by atoms with van der Waals surface area (Å²) in [5.74, 6) is -1.24. The Balaban J connectivity index is 2.97. The number of hydrogen-bond acceptors (Lipinski definition) is 4. The number of nitrogens with one attached hydrogen (secondary N) is 1. The van der Waals surface area contributed by atoms with Gasteiger partial charge in [-0.25, -0.2) is 4.98 Å². The summed E-state index contributed by atoms with van der Waals surface area (Å²) in [5.41, 5.74) is 0.0372.